The van der Waals surface area contributed by atoms with Crippen molar-refractivity contribution in [1.29, 1.82) is 0 Å². The fourth-order valence-corrected chi connectivity index (χ4v) is 7.32. The number of sulfone groups is 1. The molecular weight excluding hydrogens is 424 g/mol. The van der Waals surface area contributed by atoms with Gasteiger partial charge in [-0.25, -0.2) is 16.8 Å². The van der Waals surface area contributed by atoms with Crippen LogP contribution in [0.25, 0.3) is 0 Å². The van der Waals surface area contributed by atoms with Crippen molar-refractivity contribution in [3.05, 3.63) is 29.8 Å². The number of nitrogens with zero attached hydrogens (tertiary/aromatic N) is 2. The molecular formula is C21H32N2O5S2. The van der Waals surface area contributed by atoms with Gasteiger partial charge in [0, 0.05) is 31.2 Å². The molecule has 1 aromatic carbocycles. The fourth-order valence-electron chi connectivity index (χ4n) is 4.12. The van der Waals surface area contributed by atoms with Crippen LogP contribution in [0, 0.1) is 11.8 Å². The Bertz CT molecular complexity index is 963. The molecule has 0 radical (unpaired) electrons. The number of hydrogen-bond acceptors (Lipinski definition) is 5. The van der Waals surface area contributed by atoms with Crippen LogP contribution >= 0.6 is 0 Å². The standard InChI is InChI=1S/C21H32N2O5S2/c1-16(2)14-23(19-10-13-29(25,26)15-19)21(24)18-4-6-20(7-5-18)30(27,28)22-11-8-17(3)9-12-22/h4-7,16-17,19H,8-15H2,1-3H3. The van der Waals surface area contributed by atoms with Crippen LogP contribution in [0.2, 0.25) is 0 Å². The first-order valence-corrected chi connectivity index (χ1v) is 13.9. The Morgan fingerprint density at radius 2 is 1.73 bits per heavy atom. The van der Waals surface area contributed by atoms with E-state index in [2.05, 4.69) is 6.92 Å². The minimum Gasteiger partial charge on any atom is -0.334 e. The van der Waals surface area contributed by atoms with Crippen molar-refractivity contribution in [2.24, 2.45) is 11.8 Å². The van der Waals surface area contributed by atoms with E-state index >= 15 is 0 Å². The fraction of sp³-hybridized carbons (Fsp3) is 0.667. The van der Waals surface area contributed by atoms with Gasteiger partial charge < -0.3 is 4.90 Å². The van der Waals surface area contributed by atoms with Crippen LogP contribution in [0.4, 0.5) is 0 Å². The van der Waals surface area contributed by atoms with E-state index < -0.39 is 19.9 Å². The molecule has 168 valence electrons. The van der Waals surface area contributed by atoms with Crippen molar-refractivity contribution in [2.75, 3.05) is 31.1 Å². The van der Waals surface area contributed by atoms with Crippen LogP contribution in [0.3, 0.4) is 0 Å². The van der Waals surface area contributed by atoms with Gasteiger partial charge >= 0.3 is 0 Å². The monoisotopic (exact) mass is 456 g/mol. The quantitative estimate of drug-likeness (QED) is 0.655. The minimum atomic E-state index is -3.57. The second-order valence-corrected chi connectivity index (χ2v) is 13.2. The Labute approximate surface area is 180 Å². The molecule has 30 heavy (non-hydrogen) atoms. The molecule has 2 heterocycles. The third kappa shape index (κ3) is 5.23. The number of piperidine rings is 1. The Morgan fingerprint density at radius 1 is 1.13 bits per heavy atom. The van der Waals surface area contributed by atoms with Crippen molar-refractivity contribution in [1.82, 2.24) is 9.21 Å². The molecule has 0 bridgehead atoms. The van der Waals surface area contributed by atoms with E-state index in [-0.39, 0.29) is 34.3 Å². The van der Waals surface area contributed by atoms with E-state index in [1.54, 1.807) is 17.0 Å². The van der Waals surface area contributed by atoms with Crippen LogP contribution in [0.5, 0.6) is 0 Å². The Kier molecular flexibility index (Phi) is 6.94. The average Bonchev–Trinajstić information content (AvgIpc) is 3.05. The summed E-state index contributed by atoms with van der Waals surface area (Å²) in [5, 5.41) is 0. The van der Waals surface area contributed by atoms with E-state index in [1.807, 2.05) is 13.8 Å². The lowest BCUT2D eigenvalue weighted by molar-refractivity contribution is 0.0672. The summed E-state index contributed by atoms with van der Waals surface area (Å²) in [5.74, 6) is 0.568. The average molecular weight is 457 g/mol. The third-order valence-corrected chi connectivity index (χ3v) is 9.62. The highest BCUT2D eigenvalue weighted by molar-refractivity contribution is 7.91. The lowest BCUT2D eigenvalue weighted by Gasteiger charge is -2.30. The molecule has 3 rings (SSSR count). The normalized spacial score (nSPS) is 23.0. The van der Waals surface area contributed by atoms with Gasteiger partial charge in [0.25, 0.3) is 5.91 Å². The van der Waals surface area contributed by atoms with E-state index in [9.17, 15) is 21.6 Å². The second kappa shape index (κ2) is 8.96. The maximum atomic E-state index is 13.1. The highest BCUT2D eigenvalue weighted by atomic mass is 32.2. The minimum absolute atomic E-state index is 0.00863. The molecule has 2 saturated heterocycles. The van der Waals surface area contributed by atoms with Gasteiger partial charge in [0.05, 0.1) is 16.4 Å². The summed E-state index contributed by atoms with van der Waals surface area (Å²) in [6.45, 7) is 7.59. The molecule has 1 atom stereocenters. The smallest absolute Gasteiger partial charge is 0.254 e. The first-order chi connectivity index (χ1) is 14.0. The highest BCUT2D eigenvalue weighted by Gasteiger charge is 2.35. The van der Waals surface area contributed by atoms with Gasteiger partial charge in [0.1, 0.15) is 0 Å². The van der Waals surface area contributed by atoms with Crippen molar-refractivity contribution in [2.45, 2.75) is 51.0 Å². The van der Waals surface area contributed by atoms with Gasteiger partial charge in [-0.15, -0.1) is 0 Å². The third-order valence-electron chi connectivity index (χ3n) is 5.95. The van der Waals surface area contributed by atoms with Crippen molar-refractivity contribution >= 4 is 25.8 Å². The largest absolute Gasteiger partial charge is 0.334 e. The summed E-state index contributed by atoms with van der Waals surface area (Å²) < 4.78 is 51.1. The van der Waals surface area contributed by atoms with Crippen LogP contribution < -0.4 is 0 Å². The molecule has 0 N–H and O–H groups in total. The number of sulfonamides is 1. The molecule has 1 unspecified atom stereocenters. The summed E-state index contributed by atoms with van der Waals surface area (Å²) >= 11 is 0. The zero-order chi connectivity index (χ0) is 22.1. The molecule has 2 aliphatic rings. The first kappa shape index (κ1) is 23.2. The van der Waals surface area contributed by atoms with Gasteiger partial charge in [-0.05, 0) is 55.4 Å². The number of hydrogen-bond donors (Lipinski definition) is 0. The molecule has 0 saturated carbocycles. The molecule has 0 aliphatic carbocycles. The van der Waals surface area contributed by atoms with Crippen molar-refractivity contribution in [3.63, 3.8) is 0 Å². The van der Waals surface area contributed by atoms with Gasteiger partial charge in [-0.2, -0.15) is 4.31 Å². The zero-order valence-electron chi connectivity index (χ0n) is 18.0. The number of rotatable bonds is 6. The lowest BCUT2D eigenvalue weighted by atomic mass is 10.0. The van der Waals surface area contributed by atoms with E-state index in [4.69, 9.17) is 0 Å². The van der Waals surface area contributed by atoms with Gasteiger partial charge in [0.2, 0.25) is 10.0 Å². The maximum absolute atomic E-state index is 13.1. The van der Waals surface area contributed by atoms with Gasteiger partial charge in [-0.3, -0.25) is 4.79 Å². The summed E-state index contributed by atoms with van der Waals surface area (Å²) in [7, 11) is -6.68. The predicted octanol–water partition coefficient (Wildman–Crippen LogP) is 2.39. The van der Waals surface area contributed by atoms with Crippen LogP contribution in [-0.2, 0) is 19.9 Å². The van der Waals surface area contributed by atoms with E-state index in [0.29, 0.717) is 37.5 Å². The molecule has 1 amide bonds. The molecule has 0 spiro atoms. The molecule has 9 heteroatoms. The summed E-state index contributed by atoms with van der Waals surface area (Å²) in [5.41, 5.74) is 0.381. The Hall–Kier alpha value is -1.45. The number of benzene rings is 1. The molecule has 0 aromatic heterocycles. The van der Waals surface area contributed by atoms with Crippen molar-refractivity contribution in [3.8, 4) is 0 Å². The maximum Gasteiger partial charge on any atom is 0.254 e. The van der Waals surface area contributed by atoms with Crippen molar-refractivity contribution < 1.29 is 21.6 Å². The highest BCUT2D eigenvalue weighted by Crippen LogP contribution is 2.25. The van der Waals surface area contributed by atoms with Crippen LogP contribution in [0.1, 0.15) is 50.4 Å². The first-order valence-electron chi connectivity index (χ1n) is 10.6. The van der Waals surface area contributed by atoms with Gasteiger partial charge in [-0.1, -0.05) is 20.8 Å². The summed E-state index contributed by atoms with van der Waals surface area (Å²) in [4.78, 5) is 15.0. The predicted molar refractivity (Wildman–Crippen MR) is 117 cm³/mol. The second-order valence-electron chi connectivity index (χ2n) is 9.02. The Balaban J connectivity index is 1.79. The topological polar surface area (TPSA) is 91.8 Å². The number of amides is 1. The van der Waals surface area contributed by atoms with Crippen LogP contribution in [-0.4, -0.2) is 69.1 Å². The molecule has 2 aliphatic heterocycles. The Morgan fingerprint density at radius 3 is 2.23 bits per heavy atom. The summed E-state index contributed by atoms with van der Waals surface area (Å²) in [6, 6.07) is 5.72. The molecule has 1 aromatic rings. The number of carbonyl (C=O) groups is 1. The molecule has 7 nitrogen and oxygen atoms in total. The van der Waals surface area contributed by atoms with E-state index in [1.165, 1.54) is 16.4 Å². The van der Waals surface area contributed by atoms with Crippen LogP contribution in [0.15, 0.2) is 29.2 Å². The summed E-state index contributed by atoms with van der Waals surface area (Å²) in [6.07, 6.45) is 2.15. The van der Waals surface area contributed by atoms with E-state index in [0.717, 1.165) is 12.8 Å². The number of carbonyl (C=O) groups excluding carboxylic acids is 1. The SMILES string of the molecule is CC(C)CN(C(=O)c1ccc(S(=O)(=O)N2CCC(C)CC2)cc1)C1CCS(=O)(=O)C1. The lowest BCUT2D eigenvalue weighted by Crippen LogP contribution is -2.43. The van der Waals surface area contributed by atoms with Gasteiger partial charge in [0.15, 0.2) is 9.84 Å². The zero-order valence-corrected chi connectivity index (χ0v) is 19.6. The molecule has 2 fully saturated rings.